The summed E-state index contributed by atoms with van der Waals surface area (Å²) in [6.45, 7) is 0.0437. The van der Waals surface area contributed by atoms with Crippen molar-refractivity contribution < 1.29 is 9.53 Å². The molecule has 3 unspecified atom stereocenters. The van der Waals surface area contributed by atoms with Gasteiger partial charge in [0.25, 0.3) is 5.91 Å². The maximum Gasteiger partial charge on any atom is 0.258 e. The van der Waals surface area contributed by atoms with Gasteiger partial charge in [0.2, 0.25) is 0 Å². The van der Waals surface area contributed by atoms with Gasteiger partial charge in [-0.15, -0.1) is 0 Å². The number of carbonyl (C=O) groups excluding carboxylic acids is 1. The summed E-state index contributed by atoms with van der Waals surface area (Å²) in [6, 6.07) is 7.60. The Kier molecular flexibility index (Phi) is 3.32. The first-order valence-electron chi connectivity index (χ1n) is 6.99. The predicted octanol–water partition coefficient (Wildman–Crippen LogP) is 1.95. The number of ether oxygens (including phenoxy) is 1. The van der Waals surface area contributed by atoms with Crippen LogP contribution in [0.15, 0.2) is 24.3 Å². The Balaban J connectivity index is 1.48. The zero-order valence-corrected chi connectivity index (χ0v) is 11.0. The first-order chi connectivity index (χ1) is 9.22. The van der Waals surface area contributed by atoms with Crippen LogP contribution in [0.25, 0.3) is 0 Å². The van der Waals surface area contributed by atoms with Crippen LogP contribution >= 0.6 is 0 Å². The molecule has 0 spiro atoms. The molecule has 1 aromatic rings. The lowest BCUT2D eigenvalue weighted by Gasteiger charge is -2.22. The average molecular weight is 260 g/mol. The lowest BCUT2D eigenvalue weighted by atomic mass is 9.95. The second kappa shape index (κ2) is 5.11. The smallest absolute Gasteiger partial charge is 0.258 e. The van der Waals surface area contributed by atoms with E-state index < -0.39 is 0 Å². The molecule has 1 aromatic carbocycles. The topological polar surface area (TPSA) is 64.3 Å². The van der Waals surface area contributed by atoms with E-state index in [4.69, 9.17) is 10.5 Å². The summed E-state index contributed by atoms with van der Waals surface area (Å²) in [5.41, 5.74) is 6.33. The molecule has 102 valence electrons. The van der Waals surface area contributed by atoms with Crippen molar-refractivity contribution in [2.75, 3.05) is 12.3 Å². The number of para-hydroxylation sites is 2. The van der Waals surface area contributed by atoms with Gasteiger partial charge in [0.1, 0.15) is 5.75 Å². The Morgan fingerprint density at radius 3 is 2.84 bits per heavy atom. The molecule has 0 saturated heterocycles. The van der Waals surface area contributed by atoms with Crippen molar-refractivity contribution in [2.24, 2.45) is 11.8 Å². The van der Waals surface area contributed by atoms with E-state index in [-0.39, 0.29) is 12.5 Å². The first-order valence-corrected chi connectivity index (χ1v) is 6.99. The van der Waals surface area contributed by atoms with Crippen LogP contribution in [0, 0.1) is 11.8 Å². The van der Waals surface area contributed by atoms with Gasteiger partial charge in [0.15, 0.2) is 6.61 Å². The van der Waals surface area contributed by atoms with Crippen LogP contribution in [0.1, 0.15) is 25.7 Å². The zero-order valence-electron chi connectivity index (χ0n) is 11.0. The van der Waals surface area contributed by atoms with Gasteiger partial charge in [-0.2, -0.15) is 0 Å². The van der Waals surface area contributed by atoms with E-state index >= 15 is 0 Å². The van der Waals surface area contributed by atoms with Gasteiger partial charge in [0, 0.05) is 6.04 Å². The molecule has 2 saturated carbocycles. The molecule has 2 aliphatic carbocycles. The summed E-state index contributed by atoms with van der Waals surface area (Å²) in [5.74, 6) is 2.06. The second-order valence-electron chi connectivity index (χ2n) is 5.68. The second-order valence-corrected chi connectivity index (χ2v) is 5.68. The number of carbonyl (C=O) groups is 1. The van der Waals surface area contributed by atoms with E-state index in [1.807, 2.05) is 12.1 Å². The standard InChI is InChI=1S/C15H20N2O2/c16-12-3-1-2-4-14(12)19-9-15(18)17-13-8-10-5-6-11(13)7-10/h1-4,10-11,13H,5-9,16H2,(H,17,18). The third-order valence-electron chi connectivity index (χ3n) is 4.36. The molecule has 4 nitrogen and oxygen atoms in total. The number of anilines is 1. The Hall–Kier alpha value is -1.71. The molecular weight excluding hydrogens is 240 g/mol. The van der Waals surface area contributed by atoms with Gasteiger partial charge in [-0.25, -0.2) is 0 Å². The van der Waals surface area contributed by atoms with Crippen LogP contribution in [0.3, 0.4) is 0 Å². The zero-order chi connectivity index (χ0) is 13.2. The fraction of sp³-hybridized carbons (Fsp3) is 0.533. The minimum atomic E-state index is -0.0409. The number of hydrogen-bond donors (Lipinski definition) is 2. The van der Waals surface area contributed by atoms with Crippen molar-refractivity contribution in [1.82, 2.24) is 5.32 Å². The SMILES string of the molecule is Nc1ccccc1OCC(=O)NC1CC2CCC1C2. The van der Waals surface area contributed by atoms with Crippen molar-refractivity contribution in [2.45, 2.75) is 31.7 Å². The number of nitrogens with two attached hydrogens (primary N) is 1. The molecule has 0 aliphatic heterocycles. The maximum absolute atomic E-state index is 11.9. The monoisotopic (exact) mass is 260 g/mol. The number of benzene rings is 1. The number of rotatable bonds is 4. The van der Waals surface area contributed by atoms with Crippen molar-refractivity contribution in [3.05, 3.63) is 24.3 Å². The third kappa shape index (κ3) is 2.67. The number of fused-ring (bicyclic) bond motifs is 2. The molecule has 2 bridgehead atoms. The minimum absolute atomic E-state index is 0.0409. The minimum Gasteiger partial charge on any atom is -0.482 e. The molecule has 19 heavy (non-hydrogen) atoms. The highest BCUT2D eigenvalue weighted by Crippen LogP contribution is 2.44. The van der Waals surface area contributed by atoms with E-state index in [9.17, 15) is 4.79 Å². The molecule has 1 amide bonds. The van der Waals surface area contributed by atoms with E-state index in [1.165, 1.54) is 19.3 Å². The highest BCUT2D eigenvalue weighted by Gasteiger charge is 2.40. The van der Waals surface area contributed by atoms with Gasteiger partial charge in [-0.1, -0.05) is 18.6 Å². The molecule has 3 rings (SSSR count). The fourth-order valence-electron chi connectivity index (χ4n) is 3.43. The van der Waals surface area contributed by atoms with Crippen LogP contribution < -0.4 is 15.8 Å². The van der Waals surface area contributed by atoms with Crippen molar-refractivity contribution in [1.29, 1.82) is 0 Å². The van der Waals surface area contributed by atoms with E-state index in [1.54, 1.807) is 12.1 Å². The van der Waals surface area contributed by atoms with Crippen LogP contribution in [0.4, 0.5) is 5.69 Å². The lowest BCUT2D eigenvalue weighted by molar-refractivity contribution is -0.124. The van der Waals surface area contributed by atoms with E-state index in [0.717, 1.165) is 12.3 Å². The van der Waals surface area contributed by atoms with Crippen LogP contribution in [-0.4, -0.2) is 18.6 Å². The van der Waals surface area contributed by atoms with Crippen molar-refractivity contribution >= 4 is 11.6 Å². The van der Waals surface area contributed by atoms with Gasteiger partial charge in [-0.05, 0) is 43.2 Å². The quantitative estimate of drug-likeness (QED) is 0.813. The molecular formula is C15H20N2O2. The largest absolute Gasteiger partial charge is 0.482 e. The van der Waals surface area contributed by atoms with Crippen molar-refractivity contribution in [3.8, 4) is 5.75 Å². The Labute approximate surface area is 113 Å². The first kappa shape index (κ1) is 12.3. The molecule has 0 radical (unpaired) electrons. The normalized spacial score (nSPS) is 28.3. The summed E-state index contributed by atoms with van der Waals surface area (Å²) in [6.07, 6.45) is 5.04. The summed E-state index contributed by atoms with van der Waals surface area (Å²) in [4.78, 5) is 11.9. The number of amides is 1. The van der Waals surface area contributed by atoms with E-state index in [2.05, 4.69) is 5.32 Å². The lowest BCUT2D eigenvalue weighted by Crippen LogP contribution is -2.40. The van der Waals surface area contributed by atoms with Crippen LogP contribution in [-0.2, 0) is 4.79 Å². The molecule has 3 atom stereocenters. The molecule has 3 N–H and O–H groups in total. The third-order valence-corrected chi connectivity index (χ3v) is 4.36. The summed E-state index contributed by atoms with van der Waals surface area (Å²) >= 11 is 0. The maximum atomic E-state index is 11.9. The molecule has 0 heterocycles. The summed E-state index contributed by atoms with van der Waals surface area (Å²) in [5, 5.41) is 3.10. The summed E-state index contributed by atoms with van der Waals surface area (Å²) in [7, 11) is 0. The Morgan fingerprint density at radius 1 is 1.32 bits per heavy atom. The van der Waals surface area contributed by atoms with Gasteiger partial charge in [-0.3, -0.25) is 4.79 Å². The van der Waals surface area contributed by atoms with Crippen LogP contribution in [0.5, 0.6) is 5.75 Å². The molecule has 4 heteroatoms. The number of hydrogen-bond acceptors (Lipinski definition) is 3. The number of nitrogen functional groups attached to an aromatic ring is 1. The average Bonchev–Trinajstić information content (AvgIpc) is 3.00. The Morgan fingerprint density at radius 2 is 2.16 bits per heavy atom. The molecule has 2 fully saturated rings. The van der Waals surface area contributed by atoms with Crippen molar-refractivity contribution in [3.63, 3.8) is 0 Å². The highest BCUT2D eigenvalue weighted by atomic mass is 16.5. The van der Waals surface area contributed by atoms with Gasteiger partial charge in [0.05, 0.1) is 5.69 Å². The predicted molar refractivity (Wildman–Crippen MR) is 73.7 cm³/mol. The number of nitrogens with one attached hydrogen (secondary N) is 1. The summed E-state index contributed by atoms with van der Waals surface area (Å²) < 4.78 is 5.45. The fourth-order valence-corrected chi connectivity index (χ4v) is 3.43. The van der Waals surface area contributed by atoms with Gasteiger partial charge < -0.3 is 15.8 Å². The highest BCUT2D eigenvalue weighted by molar-refractivity contribution is 5.78. The van der Waals surface area contributed by atoms with E-state index in [0.29, 0.717) is 23.4 Å². The molecule has 0 aromatic heterocycles. The van der Waals surface area contributed by atoms with Gasteiger partial charge >= 0.3 is 0 Å². The molecule has 2 aliphatic rings. The Bertz CT molecular complexity index is 475. The van der Waals surface area contributed by atoms with Crippen LogP contribution in [0.2, 0.25) is 0 Å².